The average molecular weight is 321 g/mol. The van der Waals surface area contributed by atoms with Gasteiger partial charge in [-0.1, -0.05) is 30.3 Å². The number of imidazole rings is 1. The molecule has 1 amide bonds. The van der Waals surface area contributed by atoms with E-state index in [1.54, 1.807) is 0 Å². The molecule has 1 aliphatic rings. The lowest BCUT2D eigenvalue weighted by Gasteiger charge is -2.26. The Balaban J connectivity index is 1.59. The Hall–Kier alpha value is -2.66. The highest BCUT2D eigenvalue weighted by atomic mass is 16.5. The number of amides is 1. The van der Waals surface area contributed by atoms with Gasteiger partial charge in [-0.15, -0.1) is 0 Å². The highest BCUT2D eigenvalue weighted by molar-refractivity contribution is 5.94. The van der Waals surface area contributed by atoms with Crippen molar-refractivity contribution in [2.45, 2.75) is 19.6 Å². The Morgan fingerprint density at radius 1 is 1.25 bits per heavy atom. The van der Waals surface area contributed by atoms with Gasteiger partial charge in [0, 0.05) is 12.1 Å². The Morgan fingerprint density at radius 3 is 2.92 bits per heavy atom. The van der Waals surface area contributed by atoms with Gasteiger partial charge in [-0.2, -0.15) is 0 Å². The number of fused-ring (bicyclic) bond motifs is 3. The molecule has 0 radical (unpaired) electrons. The van der Waals surface area contributed by atoms with Crippen LogP contribution < -0.4 is 5.32 Å². The van der Waals surface area contributed by atoms with Crippen molar-refractivity contribution in [2.24, 2.45) is 0 Å². The number of hydrogen-bond donors (Lipinski definition) is 1. The molecule has 1 N–H and O–H groups in total. The summed E-state index contributed by atoms with van der Waals surface area (Å²) < 4.78 is 7.89. The van der Waals surface area contributed by atoms with E-state index < -0.39 is 0 Å². The van der Waals surface area contributed by atoms with Crippen molar-refractivity contribution in [3.63, 3.8) is 0 Å². The van der Waals surface area contributed by atoms with E-state index in [1.165, 1.54) is 0 Å². The molecule has 122 valence electrons. The van der Waals surface area contributed by atoms with Gasteiger partial charge in [0.2, 0.25) is 0 Å². The van der Waals surface area contributed by atoms with Gasteiger partial charge >= 0.3 is 0 Å². The SMILES string of the molecule is Cc1cccc2c1nc1n2C(CNC(=O)c2ccccc2)COC1. The fraction of sp³-hybridized carbons (Fsp3) is 0.263. The summed E-state index contributed by atoms with van der Waals surface area (Å²) >= 11 is 0. The van der Waals surface area contributed by atoms with Crippen molar-refractivity contribution < 1.29 is 9.53 Å². The number of carbonyl (C=O) groups is 1. The zero-order valence-corrected chi connectivity index (χ0v) is 13.5. The first kappa shape index (κ1) is 14.9. The Morgan fingerprint density at radius 2 is 2.08 bits per heavy atom. The third kappa shape index (κ3) is 2.57. The van der Waals surface area contributed by atoms with Crippen LogP contribution in [0.5, 0.6) is 0 Å². The zero-order chi connectivity index (χ0) is 16.5. The molecule has 5 nitrogen and oxygen atoms in total. The van der Waals surface area contributed by atoms with E-state index >= 15 is 0 Å². The Kier molecular flexibility index (Phi) is 3.78. The molecular formula is C19H19N3O2. The number of ether oxygens (including phenoxy) is 1. The minimum absolute atomic E-state index is 0.0493. The van der Waals surface area contributed by atoms with E-state index in [0.29, 0.717) is 25.3 Å². The molecule has 0 saturated heterocycles. The van der Waals surface area contributed by atoms with E-state index in [0.717, 1.165) is 22.4 Å². The second-order valence-electron chi connectivity index (χ2n) is 6.09. The fourth-order valence-corrected chi connectivity index (χ4v) is 3.23. The van der Waals surface area contributed by atoms with Crippen LogP contribution >= 0.6 is 0 Å². The number of rotatable bonds is 3. The topological polar surface area (TPSA) is 56.2 Å². The molecule has 2 heterocycles. The summed E-state index contributed by atoms with van der Waals surface area (Å²) in [6, 6.07) is 15.5. The van der Waals surface area contributed by atoms with E-state index in [9.17, 15) is 4.79 Å². The van der Waals surface area contributed by atoms with Gasteiger partial charge in [0.25, 0.3) is 5.91 Å². The molecule has 0 fully saturated rings. The molecular weight excluding hydrogens is 302 g/mol. The summed E-state index contributed by atoms with van der Waals surface area (Å²) in [5.41, 5.74) is 3.94. The molecule has 3 aromatic rings. The Labute approximate surface area is 140 Å². The molecule has 1 unspecified atom stereocenters. The third-order valence-electron chi connectivity index (χ3n) is 4.44. The van der Waals surface area contributed by atoms with Gasteiger partial charge in [-0.3, -0.25) is 4.79 Å². The van der Waals surface area contributed by atoms with Crippen molar-refractivity contribution in [1.29, 1.82) is 0 Å². The molecule has 1 atom stereocenters. The summed E-state index contributed by atoms with van der Waals surface area (Å²) in [4.78, 5) is 17.0. The van der Waals surface area contributed by atoms with Crippen molar-refractivity contribution in [1.82, 2.24) is 14.9 Å². The minimum atomic E-state index is -0.0664. The normalized spacial score (nSPS) is 16.8. The van der Waals surface area contributed by atoms with Gasteiger partial charge < -0.3 is 14.6 Å². The van der Waals surface area contributed by atoms with Crippen LogP contribution in [0.2, 0.25) is 0 Å². The number of para-hydroxylation sites is 1. The monoisotopic (exact) mass is 321 g/mol. The highest BCUT2D eigenvalue weighted by Gasteiger charge is 2.24. The molecule has 0 spiro atoms. The van der Waals surface area contributed by atoms with Crippen LogP contribution in [-0.2, 0) is 11.3 Å². The van der Waals surface area contributed by atoms with Crippen LogP contribution in [0, 0.1) is 6.92 Å². The quantitative estimate of drug-likeness (QED) is 0.807. The number of hydrogen-bond acceptors (Lipinski definition) is 3. The van der Waals surface area contributed by atoms with Crippen molar-refractivity contribution >= 4 is 16.9 Å². The van der Waals surface area contributed by atoms with Crippen LogP contribution in [0.4, 0.5) is 0 Å². The number of aryl methyl sites for hydroxylation is 1. The maximum atomic E-state index is 12.3. The lowest BCUT2D eigenvalue weighted by Crippen LogP contribution is -2.35. The second-order valence-corrected chi connectivity index (χ2v) is 6.09. The zero-order valence-electron chi connectivity index (χ0n) is 13.5. The van der Waals surface area contributed by atoms with Gasteiger partial charge in [-0.25, -0.2) is 4.98 Å². The van der Waals surface area contributed by atoms with Crippen LogP contribution in [0.3, 0.4) is 0 Å². The van der Waals surface area contributed by atoms with Crippen molar-refractivity contribution in [3.05, 3.63) is 65.5 Å². The molecule has 0 aliphatic carbocycles. The van der Waals surface area contributed by atoms with E-state index in [1.807, 2.05) is 36.4 Å². The van der Waals surface area contributed by atoms with Gasteiger partial charge in [0.1, 0.15) is 12.4 Å². The number of aromatic nitrogens is 2. The number of carbonyl (C=O) groups excluding carboxylic acids is 1. The molecule has 0 bridgehead atoms. The van der Waals surface area contributed by atoms with Crippen molar-refractivity contribution in [3.8, 4) is 0 Å². The predicted molar refractivity (Wildman–Crippen MR) is 91.9 cm³/mol. The number of nitrogens with zero attached hydrogens (tertiary/aromatic N) is 2. The first-order chi connectivity index (χ1) is 11.7. The largest absolute Gasteiger partial charge is 0.371 e. The Bertz CT molecular complexity index is 886. The van der Waals surface area contributed by atoms with Crippen LogP contribution in [0.15, 0.2) is 48.5 Å². The van der Waals surface area contributed by atoms with Crippen LogP contribution in [-0.4, -0.2) is 28.6 Å². The summed E-state index contributed by atoms with van der Waals surface area (Å²) in [7, 11) is 0. The molecule has 1 aromatic heterocycles. The predicted octanol–water partition coefficient (Wildman–Crippen LogP) is 2.85. The van der Waals surface area contributed by atoms with Crippen LogP contribution in [0.25, 0.3) is 11.0 Å². The minimum Gasteiger partial charge on any atom is -0.371 e. The van der Waals surface area contributed by atoms with E-state index in [-0.39, 0.29) is 11.9 Å². The average Bonchev–Trinajstić information content (AvgIpc) is 3.01. The molecule has 1 aliphatic heterocycles. The lowest BCUT2D eigenvalue weighted by molar-refractivity contribution is 0.0553. The first-order valence-electron chi connectivity index (χ1n) is 8.11. The van der Waals surface area contributed by atoms with E-state index in [4.69, 9.17) is 9.72 Å². The van der Waals surface area contributed by atoms with Gasteiger partial charge in [-0.05, 0) is 30.7 Å². The maximum absolute atomic E-state index is 12.3. The van der Waals surface area contributed by atoms with Crippen LogP contribution in [0.1, 0.15) is 27.8 Å². The van der Waals surface area contributed by atoms with Crippen molar-refractivity contribution in [2.75, 3.05) is 13.2 Å². The molecule has 2 aromatic carbocycles. The van der Waals surface area contributed by atoms with Gasteiger partial charge in [0.15, 0.2) is 0 Å². The highest BCUT2D eigenvalue weighted by Crippen LogP contribution is 2.27. The standard InChI is InChI=1S/C19H19N3O2/c1-13-6-5-9-16-18(13)21-17-12-24-11-15(22(16)17)10-20-19(23)14-7-3-2-4-8-14/h2-9,15H,10-12H2,1H3,(H,20,23). The smallest absolute Gasteiger partial charge is 0.251 e. The maximum Gasteiger partial charge on any atom is 0.251 e. The first-order valence-corrected chi connectivity index (χ1v) is 8.11. The summed E-state index contributed by atoms with van der Waals surface area (Å²) in [6.07, 6.45) is 0. The summed E-state index contributed by atoms with van der Waals surface area (Å²) in [6.45, 7) is 3.66. The summed E-state index contributed by atoms with van der Waals surface area (Å²) in [5.74, 6) is 0.854. The van der Waals surface area contributed by atoms with E-state index in [2.05, 4.69) is 28.9 Å². The fourth-order valence-electron chi connectivity index (χ4n) is 3.23. The molecule has 24 heavy (non-hydrogen) atoms. The van der Waals surface area contributed by atoms with Gasteiger partial charge in [0.05, 0.1) is 23.7 Å². The molecule has 4 rings (SSSR count). The number of nitrogens with one attached hydrogen (secondary N) is 1. The summed E-state index contributed by atoms with van der Waals surface area (Å²) in [5, 5.41) is 3.01. The third-order valence-corrected chi connectivity index (χ3v) is 4.44. The molecule has 0 saturated carbocycles. The second kappa shape index (κ2) is 6.09. The number of benzene rings is 2. The lowest BCUT2D eigenvalue weighted by atomic mass is 10.2. The molecule has 5 heteroatoms.